The van der Waals surface area contributed by atoms with Crippen molar-refractivity contribution in [2.24, 2.45) is 0 Å². The van der Waals surface area contributed by atoms with Crippen LogP contribution in [0.25, 0.3) is 0 Å². The molecule has 3 rings (SSSR count). The van der Waals surface area contributed by atoms with Crippen molar-refractivity contribution >= 4 is 48.0 Å². The SMILES string of the molecule is CCOc1cc(CNCCN2CCOCC2)cc(Cl)c1OCc1ccccc1Cl.Cl.Cl. The van der Waals surface area contributed by atoms with Crippen LogP contribution in [0.15, 0.2) is 36.4 Å². The van der Waals surface area contributed by atoms with Crippen LogP contribution in [0.2, 0.25) is 10.0 Å². The average Bonchev–Trinajstić information content (AvgIpc) is 2.73. The second-order valence-electron chi connectivity index (χ2n) is 6.85. The number of hydrogen-bond acceptors (Lipinski definition) is 5. The molecular weight excluding hydrogens is 482 g/mol. The maximum atomic E-state index is 6.52. The van der Waals surface area contributed by atoms with Gasteiger partial charge in [-0.2, -0.15) is 0 Å². The number of rotatable bonds is 10. The van der Waals surface area contributed by atoms with Crippen LogP contribution in [0.4, 0.5) is 0 Å². The third-order valence-electron chi connectivity index (χ3n) is 4.74. The van der Waals surface area contributed by atoms with Crippen molar-refractivity contribution in [2.75, 3.05) is 46.0 Å². The summed E-state index contributed by atoms with van der Waals surface area (Å²) in [5, 5.41) is 4.68. The van der Waals surface area contributed by atoms with E-state index >= 15 is 0 Å². The summed E-state index contributed by atoms with van der Waals surface area (Å²) in [4.78, 5) is 2.40. The largest absolute Gasteiger partial charge is 0.490 e. The fourth-order valence-corrected chi connectivity index (χ4v) is 3.66. The molecule has 174 valence electrons. The van der Waals surface area contributed by atoms with Gasteiger partial charge in [-0.15, -0.1) is 24.8 Å². The number of morpholine rings is 1. The molecule has 2 aromatic carbocycles. The Kier molecular flexibility index (Phi) is 13.6. The van der Waals surface area contributed by atoms with Gasteiger partial charge in [-0.05, 0) is 30.7 Å². The third-order valence-corrected chi connectivity index (χ3v) is 5.39. The van der Waals surface area contributed by atoms with E-state index in [9.17, 15) is 0 Å². The van der Waals surface area contributed by atoms with Crippen LogP contribution >= 0.6 is 48.0 Å². The molecule has 31 heavy (non-hydrogen) atoms. The molecule has 0 amide bonds. The summed E-state index contributed by atoms with van der Waals surface area (Å²) >= 11 is 12.7. The second-order valence-corrected chi connectivity index (χ2v) is 7.66. The van der Waals surface area contributed by atoms with Gasteiger partial charge in [0.15, 0.2) is 11.5 Å². The maximum absolute atomic E-state index is 6.52. The highest BCUT2D eigenvalue weighted by atomic mass is 35.5. The van der Waals surface area contributed by atoms with Gasteiger partial charge in [0.1, 0.15) is 6.61 Å². The summed E-state index contributed by atoms with van der Waals surface area (Å²) in [6.45, 7) is 9.09. The fraction of sp³-hybridized carbons (Fsp3) is 0.455. The molecule has 0 radical (unpaired) electrons. The van der Waals surface area contributed by atoms with E-state index < -0.39 is 0 Å². The Hall–Kier alpha value is -0.920. The van der Waals surface area contributed by atoms with Gasteiger partial charge < -0.3 is 19.5 Å². The molecule has 0 atom stereocenters. The average molecular weight is 512 g/mol. The number of nitrogens with zero attached hydrogens (tertiary/aromatic N) is 1. The molecule has 0 unspecified atom stereocenters. The molecule has 1 heterocycles. The van der Waals surface area contributed by atoms with Gasteiger partial charge in [0.2, 0.25) is 0 Å². The summed E-state index contributed by atoms with van der Waals surface area (Å²) in [7, 11) is 0. The van der Waals surface area contributed by atoms with E-state index in [0.717, 1.165) is 57.1 Å². The van der Waals surface area contributed by atoms with E-state index in [1.165, 1.54) is 0 Å². The van der Waals surface area contributed by atoms with Crippen LogP contribution in [-0.4, -0.2) is 50.9 Å². The van der Waals surface area contributed by atoms with Crippen molar-refractivity contribution in [3.8, 4) is 11.5 Å². The standard InChI is InChI=1S/C22H28Cl2N2O3.2ClH/c1-2-28-21-14-17(15-25-7-8-26-9-11-27-12-10-26)13-20(24)22(21)29-16-18-5-3-4-6-19(18)23;;/h3-6,13-14,25H,2,7-12,15-16H2,1H3;2*1H. The van der Waals surface area contributed by atoms with Gasteiger partial charge in [0.25, 0.3) is 0 Å². The molecule has 9 heteroatoms. The summed E-state index contributed by atoms with van der Waals surface area (Å²) in [6, 6.07) is 11.5. The first kappa shape index (κ1) is 28.1. The molecule has 2 aromatic rings. The van der Waals surface area contributed by atoms with Crippen molar-refractivity contribution in [3.05, 3.63) is 57.6 Å². The lowest BCUT2D eigenvalue weighted by molar-refractivity contribution is 0.0384. The molecule has 0 bridgehead atoms. The van der Waals surface area contributed by atoms with E-state index in [2.05, 4.69) is 10.2 Å². The maximum Gasteiger partial charge on any atom is 0.180 e. The molecule has 1 N–H and O–H groups in total. The predicted octanol–water partition coefficient (Wildman–Crippen LogP) is 5.24. The van der Waals surface area contributed by atoms with Gasteiger partial charge in [-0.3, -0.25) is 4.90 Å². The Labute approximate surface area is 207 Å². The van der Waals surface area contributed by atoms with Crippen LogP contribution in [0.1, 0.15) is 18.1 Å². The highest BCUT2D eigenvalue weighted by molar-refractivity contribution is 6.32. The summed E-state index contributed by atoms with van der Waals surface area (Å²) in [6.07, 6.45) is 0. The molecule has 0 saturated carbocycles. The highest BCUT2D eigenvalue weighted by Gasteiger charge is 2.14. The van der Waals surface area contributed by atoms with E-state index in [1.807, 2.05) is 43.3 Å². The minimum atomic E-state index is 0. The summed E-state index contributed by atoms with van der Waals surface area (Å²) in [5.74, 6) is 1.20. The molecular formula is C22H30Cl4N2O3. The van der Waals surface area contributed by atoms with Gasteiger partial charge in [0.05, 0.1) is 24.8 Å². The third kappa shape index (κ3) is 8.85. The molecule has 0 aliphatic carbocycles. The van der Waals surface area contributed by atoms with Gasteiger partial charge in [-0.1, -0.05) is 41.4 Å². The van der Waals surface area contributed by atoms with E-state index in [1.54, 1.807) is 0 Å². The minimum absolute atomic E-state index is 0. The van der Waals surface area contributed by atoms with Crippen molar-refractivity contribution in [1.82, 2.24) is 10.2 Å². The zero-order valence-corrected chi connectivity index (χ0v) is 20.7. The normalized spacial score (nSPS) is 13.8. The van der Waals surface area contributed by atoms with Crippen LogP contribution in [0, 0.1) is 0 Å². The van der Waals surface area contributed by atoms with Crippen molar-refractivity contribution in [2.45, 2.75) is 20.1 Å². The van der Waals surface area contributed by atoms with Gasteiger partial charge in [-0.25, -0.2) is 0 Å². The molecule has 5 nitrogen and oxygen atoms in total. The monoisotopic (exact) mass is 510 g/mol. The smallest absolute Gasteiger partial charge is 0.180 e. The lowest BCUT2D eigenvalue weighted by Crippen LogP contribution is -2.40. The molecule has 1 saturated heterocycles. The Morgan fingerprint density at radius 1 is 1.03 bits per heavy atom. The molecule has 1 fully saturated rings. The van der Waals surface area contributed by atoms with Crippen LogP contribution in [-0.2, 0) is 17.9 Å². The number of hydrogen-bond donors (Lipinski definition) is 1. The van der Waals surface area contributed by atoms with Crippen molar-refractivity contribution in [1.29, 1.82) is 0 Å². The Balaban J connectivity index is 0.00000240. The molecule has 0 spiro atoms. The topological polar surface area (TPSA) is 43.0 Å². The predicted molar refractivity (Wildman–Crippen MR) is 132 cm³/mol. The Morgan fingerprint density at radius 2 is 1.77 bits per heavy atom. The van der Waals surface area contributed by atoms with E-state index in [0.29, 0.717) is 34.8 Å². The van der Waals surface area contributed by atoms with Crippen LogP contribution in [0.5, 0.6) is 11.5 Å². The Morgan fingerprint density at radius 3 is 2.48 bits per heavy atom. The van der Waals surface area contributed by atoms with Crippen LogP contribution in [0.3, 0.4) is 0 Å². The fourth-order valence-electron chi connectivity index (χ4n) is 3.19. The number of nitrogens with one attached hydrogen (secondary N) is 1. The van der Waals surface area contributed by atoms with Gasteiger partial charge in [0, 0.05) is 43.3 Å². The molecule has 1 aliphatic rings. The first-order valence-electron chi connectivity index (χ1n) is 9.99. The quantitative estimate of drug-likeness (QED) is 0.442. The van der Waals surface area contributed by atoms with Crippen molar-refractivity contribution in [3.63, 3.8) is 0 Å². The Bertz CT molecular complexity index is 789. The number of halogens is 4. The first-order chi connectivity index (χ1) is 14.2. The number of benzene rings is 2. The highest BCUT2D eigenvalue weighted by Crippen LogP contribution is 2.37. The summed E-state index contributed by atoms with van der Waals surface area (Å²) in [5.41, 5.74) is 1.96. The lowest BCUT2D eigenvalue weighted by atomic mass is 10.2. The van der Waals surface area contributed by atoms with E-state index in [4.69, 9.17) is 37.4 Å². The lowest BCUT2D eigenvalue weighted by Gasteiger charge is -2.26. The van der Waals surface area contributed by atoms with Crippen molar-refractivity contribution < 1.29 is 14.2 Å². The second kappa shape index (κ2) is 15.0. The zero-order chi connectivity index (χ0) is 20.5. The molecule has 1 aliphatic heterocycles. The molecule has 0 aromatic heterocycles. The van der Waals surface area contributed by atoms with E-state index in [-0.39, 0.29) is 24.8 Å². The van der Waals surface area contributed by atoms with Gasteiger partial charge >= 0.3 is 0 Å². The summed E-state index contributed by atoms with van der Waals surface area (Å²) < 4.78 is 17.1. The number of ether oxygens (including phenoxy) is 3. The zero-order valence-electron chi connectivity index (χ0n) is 17.6. The minimum Gasteiger partial charge on any atom is -0.490 e. The van der Waals surface area contributed by atoms with Crippen LogP contribution < -0.4 is 14.8 Å². The first-order valence-corrected chi connectivity index (χ1v) is 10.7.